The molecule has 3 heterocycles. The maximum atomic E-state index is 10.0. The van der Waals surface area contributed by atoms with Gasteiger partial charge in [0.15, 0.2) is 0 Å². The number of nitrogens with zero attached hydrogens (tertiary/aromatic N) is 3. The van der Waals surface area contributed by atoms with Crippen LogP contribution in [-0.2, 0) is 0 Å². The molecule has 0 aliphatic rings. The van der Waals surface area contributed by atoms with E-state index < -0.39 is 126 Å². The van der Waals surface area contributed by atoms with Crippen molar-refractivity contribution in [1.29, 1.82) is 0 Å². The van der Waals surface area contributed by atoms with E-state index in [-0.39, 0.29) is 60.4 Å². The molecule has 0 spiro atoms. The van der Waals surface area contributed by atoms with Crippen molar-refractivity contribution in [2.24, 2.45) is 0 Å². The fourth-order valence-electron chi connectivity index (χ4n) is 8.00. The molecule has 0 fully saturated rings. The molecule has 3 aromatic heterocycles. The van der Waals surface area contributed by atoms with Crippen molar-refractivity contribution in [3.8, 4) is 39.3 Å². The Hall–Kier alpha value is -7.62. The van der Waals surface area contributed by atoms with E-state index in [9.17, 15) is 13.7 Å². The van der Waals surface area contributed by atoms with Crippen LogP contribution in [-0.4, -0.2) is 13.7 Å². The Morgan fingerprint density at radius 3 is 1.63 bits per heavy atom. The molecule has 0 bridgehead atoms. The average molecular weight is 745 g/mol. The number of para-hydroxylation sites is 5. The minimum atomic E-state index is -0.775. The van der Waals surface area contributed by atoms with E-state index in [1.807, 2.05) is 65.2 Å². The fourth-order valence-corrected chi connectivity index (χ4v) is 8.00. The summed E-state index contributed by atoms with van der Waals surface area (Å²) >= 11 is 0. The smallest absolute Gasteiger partial charge is 0.0645 e. The lowest BCUT2D eigenvalue weighted by molar-refractivity contribution is 1.15. The zero-order valence-corrected chi connectivity index (χ0v) is 29.6. The van der Waals surface area contributed by atoms with Crippen molar-refractivity contribution >= 4 is 65.4 Å². The van der Waals surface area contributed by atoms with Crippen molar-refractivity contribution < 1.29 is 26.0 Å². The lowest BCUT2D eigenvalue weighted by atomic mass is 10.0. The highest BCUT2D eigenvalue weighted by Gasteiger charge is 2.19. The molecule has 3 heteroatoms. The van der Waals surface area contributed by atoms with Gasteiger partial charge in [-0.1, -0.05) is 139 Å². The summed E-state index contributed by atoms with van der Waals surface area (Å²) in [7, 11) is 0. The molecule has 57 heavy (non-hydrogen) atoms. The van der Waals surface area contributed by atoms with Crippen LogP contribution in [0.25, 0.3) is 105 Å². The highest BCUT2D eigenvalue weighted by Crippen LogP contribution is 2.41. The van der Waals surface area contributed by atoms with Gasteiger partial charge in [0.1, 0.15) is 0 Å². The normalized spacial score (nSPS) is 16.5. The third kappa shape index (κ3) is 4.79. The molecule has 0 saturated carbocycles. The highest BCUT2D eigenvalue weighted by molar-refractivity contribution is 6.14. The monoisotopic (exact) mass is 744 g/mol. The summed E-state index contributed by atoms with van der Waals surface area (Å²) in [5.74, 6) is 0. The summed E-state index contributed by atoms with van der Waals surface area (Å²) in [6.07, 6.45) is 0. The van der Waals surface area contributed by atoms with E-state index in [0.29, 0.717) is 11.2 Å². The quantitative estimate of drug-likeness (QED) is 0.167. The molecular weight excluding hydrogens is 691 g/mol. The second-order valence-electron chi connectivity index (χ2n) is 13.5. The molecule has 0 radical (unpaired) electrons. The molecule has 0 atom stereocenters. The van der Waals surface area contributed by atoms with Gasteiger partial charge in [0, 0.05) is 49.3 Å². The van der Waals surface area contributed by atoms with Crippen molar-refractivity contribution in [3.05, 3.63) is 212 Å². The van der Waals surface area contributed by atoms with Gasteiger partial charge in [0.05, 0.1) is 64.8 Å². The largest absolute Gasteiger partial charge is 0.309 e. The predicted octanol–water partition coefficient (Wildman–Crippen LogP) is 14.3. The van der Waals surface area contributed by atoms with Gasteiger partial charge in [-0.05, 0) is 89.3 Å². The predicted molar refractivity (Wildman–Crippen MR) is 240 cm³/mol. The average Bonchev–Trinajstić information content (AvgIpc) is 4.12. The van der Waals surface area contributed by atoms with Crippen LogP contribution in [0.15, 0.2) is 212 Å². The summed E-state index contributed by atoms with van der Waals surface area (Å²) in [5, 5.41) is 0.720. The van der Waals surface area contributed by atoms with Gasteiger partial charge in [-0.15, -0.1) is 0 Å². The molecule has 0 N–H and O–H groups in total. The molecular formula is C54H35N3. The van der Waals surface area contributed by atoms with Gasteiger partial charge >= 0.3 is 0 Å². The third-order valence-electron chi connectivity index (χ3n) is 10.4. The molecule has 12 rings (SSSR count). The van der Waals surface area contributed by atoms with Gasteiger partial charge in [0.2, 0.25) is 0 Å². The topological polar surface area (TPSA) is 14.8 Å². The van der Waals surface area contributed by atoms with Crippen molar-refractivity contribution in [1.82, 2.24) is 13.7 Å². The molecule has 12 aromatic rings. The van der Waals surface area contributed by atoms with Crippen LogP contribution >= 0.6 is 0 Å². The minimum absolute atomic E-state index is 0.0138. The Balaban J connectivity index is 1.21. The first-order valence-corrected chi connectivity index (χ1v) is 18.1. The Kier molecular flexibility index (Phi) is 4.01. The summed E-state index contributed by atoms with van der Waals surface area (Å²) in [4.78, 5) is 0. The Morgan fingerprint density at radius 1 is 0.316 bits per heavy atom. The number of benzene rings is 9. The number of rotatable bonds is 5. The van der Waals surface area contributed by atoms with Crippen molar-refractivity contribution in [2.75, 3.05) is 0 Å². The van der Waals surface area contributed by atoms with Gasteiger partial charge < -0.3 is 13.7 Å². The van der Waals surface area contributed by atoms with Gasteiger partial charge in [-0.3, -0.25) is 0 Å². The van der Waals surface area contributed by atoms with E-state index in [4.69, 9.17) is 12.3 Å². The lowest BCUT2D eigenvalue weighted by Gasteiger charge is -2.14. The Labute approximate surface area is 356 Å². The van der Waals surface area contributed by atoms with E-state index in [1.54, 1.807) is 12.1 Å². The lowest BCUT2D eigenvalue weighted by Crippen LogP contribution is -1.97. The number of hydrogen-bond acceptors (Lipinski definition) is 0. The first-order valence-electron chi connectivity index (χ1n) is 27.6. The molecule has 266 valence electrons. The van der Waals surface area contributed by atoms with Crippen LogP contribution in [0.3, 0.4) is 0 Å². The van der Waals surface area contributed by atoms with Gasteiger partial charge in [0.25, 0.3) is 0 Å². The van der Waals surface area contributed by atoms with Gasteiger partial charge in [-0.25, -0.2) is 0 Å². The second-order valence-corrected chi connectivity index (χ2v) is 13.5. The first kappa shape index (κ1) is 18.3. The SMILES string of the molecule is [2H]c1c([2H])c([2H])c(-c2ccccc2-n2c3c([2H])c([2H])c([2H])c([2H])c3c3c([2H])c(-c4c([2H])c([2H])c5c(c4[2H])c4c([2H])c([2H])c([2H])c([2H])c4n5-c4ccc5c6ccccc6n(-c6ccccc6)c5c4)c([2H])c([2H])c32)c([2H])c1[2H]. The first-order chi connectivity index (χ1) is 36.2. The van der Waals surface area contributed by atoms with E-state index in [0.717, 1.165) is 22.0 Å². The number of hydrogen-bond donors (Lipinski definition) is 0. The molecule has 0 aliphatic carbocycles. The standard InChI is InChI=1S/C54H35N3/c1-3-15-36(16-4-1)41-19-7-11-23-48(41)57-51-26-14-10-22-44(51)47-34-38(28-32-53(47)57)37-27-31-52-46(33-37)43-21-9-13-25-50(43)56(52)40-29-30-45-42-20-8-12-24-49(42)55(54(45)35-40)39-17-5-2-6-18-39/h1-35H/i1D,3D,4D,9D,10D,13D,14D,15D,16D,21D,22D,25D,26D,27D,28D,31D,32D,33D,34D. The Bertz CT molecular complexity index is 4600. The molecule has 0 amide bonds. The zero-order chi connectivity index (χ0) is 54.0. The molecule has 3 nitrogen and oxygen atoms in total. The van der Waals surface area contributed by atoms with E-state index in [1.165, 1.54) is 33.4 Å². The van der Waals surface area contributed by atoms with E-state index in [2.05, 4.69) is 0 Å². The van der Waals surface area contributed by atoms with Crippen molar-refractivity contribution in [2.45, 2.75) is 0 Å². The fraction of sp³-hybridized carbons (Fsp3) is 0. The van der Waals surface area contributed by atoms with Crippen LogP contribution in [0.2, 0.25) is 0 Å². The van der Waals surface area contributed by atoms with E-state index >= 15 is 0 Å². The van der Waals surface area contributed by atoms with Gasteiger partial charge in [-0.2, -0.15) is 0 Å². The number of fused-ring (bicyclic) bond motifs is 9. The van der Waals surface area contributed by atoms with Crippen LogP contribution in [0.5, 0.6) is 0 Å². The summed E-state index contributed by atoms with van der Waals surface area (Å²) in [5.41, 5.74) is 0.420. The molecule has 9 aromatic carbocycles. The highest BCUT2D eigenvalue weighted by atomic mass is 15.0. The number of aromatic nitrogens is 3. The maximum Gasteiger partial charge on any atom is 0.0645 e. The van der Waals surface area contributed by atoms with Crippen LogP contribution in [0.1, 0.15) is 26.0 Å². The van der Waals surface area contributed by atoms with Crippen molar-refractivity contribution in [3.63, 3.8) is 0 Å². The van der Waals surface area contributed by atoms with Crippen LogP contribution in [0.4, 0.5) is 0 Å². The zero-order valence-electron chi connectivity index (χ0n) is 48.6. The second kappa shape index (κ2) is 12.5. The molecule has 0 aliphatic heterocycles. The minimum Gasteiger partial charge on any atom is -0.309 e. The third-order valence-corrected chi connectivity index (χ3v) is 10.4. The summed E-state index contributed by atoms with van der Waals surface area (Å²) < 4.78 is 179. The van der Waals surface area contributed by atoms with Crippen LogP contribution in [0, 0.1) is 0 Å². The summed E-state index contributed by atoms with van der Waals surface area (Å²) in [6.45, 7) is 0. The molecule has 0 saturated heterocycles. The summed E-state index contributed by atoms with van der Waals surface area (Å²) in [6, 6.07) is 16.3. The maximum absolute atomic E-state index is 10.0. The Morgan fingerprint density at radius 2 is 0.877 bits per heavy atom. The van der Waals surface area contributed by atoms with Crippen LogP contribution < -0.4 is 0 Å². The molecule has 0 unspecified atom stereocenters.